The summed E-state index contributed by atoms with van der Waals surface area (Å²) < 4.78 is 0. The number of hydrogen-bond acceptors (Lipinski definition) is 3. The molecule has 4 rings (SSSR count). The summed E-state index contributed by atoms with van der Waals surface area (Å²) in [6.45, 7) is 1.38. The van der Waals surface area contributed by atoms with E-state index in [0.29, 0.717) is 5.56 Å². The van der Waals surface area contributed by atoms with Gasteiger partial charge in [-0.25, -0.2) is 4.79 Å². The molecule has 1 saturated heterocycles. The zero-order chi connectivity index (χ0) is 19.7. The van der Waals surface area contributed by atoms with Gasteiger partial charge in [0.2, 0.25) is 5.91 Å². The fraction of sp³-hybridized carbons (Fsp3) is 0.318. The SMILES string of the molecule is C[C@]1(c2ccccc2)NC(=O)N(CC(=O)N[C@H]2CCCc3ccccc32)C1=O. The quantitative estimate of drug-likeness (QED) is 0.804. The number of rotatable bonds is 4. The summed E-state index contributed by atoms with van der Waals surface area (Å²) in [6, 6.07) is 16.5. The van der Waals surface area contributed by atoms with E-state index in [1.807, 2.05) is 36.4 Å². The minimum Gasteiger partial charge on any atom is -0.348 e. The Labute approximate surface area is 163 Å². The predicted molar refractivity (Wildman–Crippen MR) is 104 cm³/mol. The topological polar surface area (TPSA) is 78.5 Å². The molecular weight excluding hydrogens is 354 g/mol. The van der Waals surface area contributed by atoms with Gasteiger partial charge in [-0.05, 0) is 42.9 Å². The second-order valence-corrected chi connectivity index (χ2v) is 7.52. The molecule has 0 radical (unpaired) electrons. The lowest BCUT2D eigenvalue weighted by atomic mass is 9.88. The van der Waals surface area contributed by atoms with Crippen molar-refractivity contribution >= 4 is 17.8 Å². The van der Waals surface area contributed by atoms with Crippen molar-refractivity contribution in [2.45, 2.75) is 37.8 Å². The summed E-state index contributed by atoms with van der Waals surface area (Å²) in [5.41, 5.74) is 1.90. The van der Waals surface area contributed by atoms with Crippen LogP contribution in [-0.2, 0) is 21.5 Å². The van der Waals surface area contributed by atoms with Crippen LogP contribution < -0.4 is 10.6 Å². The van der Waals surface area contributed by atoms with Crippen LogP contribution in [0.5, 0.6) is 0 Å². The molecule has 0 spiro atoms. The van der Waals surface area contributed by atoms with Gasteiger partial charge in [0.15, 0.2) is 0 Å². The lowest BCUT2D eigenvalue weighted by molar-refractivity contribution is -0.135. The highest BCUT2D eigenvalue weighted by Gasteiger charge is 2.49. The molecule has 2 aromatic rings. The third-order valence-electron chi connectivity index (χ3n) is 5.63. The number of hydrogen-bond donors (Lipinski definition) is 2. The van der Waals surface area contributed by atoms with Crippen LogP contribution in [0.2, 0.25) is 0 Å². The fourth-order valence-corrected chi connectivity index (χ4v) is 4.10. The first-order valence-electron chi connectivity index (χ1n) is 9.56. The molecule has 2 aliphatic rings. The van der Waals surface area contributed by atoms with Gasteiger partial charge in [-0.3, -0.25) is 14.5 Å². The lowest BCUT2D eigenvalue weighted by Crippen LogP contribution is -2.44. The number of aryl methyl sites for hydroxylation is 1. The van der Waals surface area contributed by atoms with Crippen LogP contribution in [0.1, 0.15) is 42.5 Å². The molecule has 4 amide bonds. The van der Waals surface area contributed by atoms with Gasteiger partial charge in [0.1, 0.15) is 12.1 Å². The van der Waals surface area contributed by atoms with E-state index in [4.69, 9.17) is 0 Å². The number of urea groups is 1. The van der Waals surface area contributed by atoms with E-state index in [1.165, 1.54) is 5.56 Å². The van der Waals surface area contributed by atoms with E-state index in [2.05, 4.69) is 16.7 Å². The molecule has 144 valence electrons. The minimum atomic E-state index is -1.16. The standard InChI is InChI=1S/C22H23N3O3/c1-22(16-10-3-2-4-11-16)20(27)25(21(28)24-22)14-19(26)23-18-13-7-9-15-8-5-6-12-17(15)18/h2-6,8,10-12,18H,7,9,13-14H2,1H3,(H,23,26)(H,24,28)/t18-,22+/m0/s1. The van der Waals surface area contributed by atoms with Crippen LogP contribution in [0.15, 0.2) is 54.6 Å². The lowest BCUT2D eigenvalue weighted by Gasteiger charge is -2.27. The smallest absolute Gasteiger partial charge is 0.325 e. The van der Waals surface area contributed by atoms with Crippen molar-refractivity contribution in [2.75, 3.05) is 6.54 Å². The van der Waals surface area contributed by atoms with Crippen molar-refractivity contribution in [1.82, 2.24) is 15.5 Å². The molecule has 28 heavy (non-hydrogen) atoms. The maximum absolute atomic E-state index is 12.9. The van der Waals surface area contributed by atoms with Gasteiger partial charge in [0.05, 0.1) is 6.04 Å². The molecule has 1 aliphatic carbocycles. The highest BCUT2D eigenvalue weighted by atomic mass is 16.2. The van der Waals surface area contributed by atoms with Crippen LogP contribution >= 0.6 is 0 Å². The fourth-order valence-electron chi connectivity index (χ4n) is 4.10. The molecule has 1 aliphatic heterocycles. The summed E-state index contributed by atoms with van der Waals surface area (Å²) in [5.74, 6) is -0.745. The Kier molecular flexibility index (Phi) is 4.63. The van der Waals surface area contributed by atoms with E-state index in [-0.39, 0.29) is 18.5 Å². The van der Waals surface area contributed by atoms with Crippen molar-refractivity contribution in [2.24, 2.45) is 0 Å². The van der Waals surface area contributed by atoms with Crippen LogP contribution in [-0.4, -0.2) is 29.3 Å². The van der Waals surface area contributed by atoms with Crippen molar-refractivity contribution in [1.29, 1.82) is 0 Å². The van der Waals surface area contributed by atoms with Gasteiger partial charge < -0.3 is 10.6 Å². The first-order valence-corrected chi connectivity index (χ1v) is 9.56. The van der Waals surface area contributed by atoms with Crippen LogP contribution in [0.4, 0.5) is 4.79 Å². The Hall–Kier alpha value is -3.15. The molecule has 6 heteroatoms. The molecule has 0 aromatic heterocycles. The summed E-state index contributed by atoms with van der Waals surface area (Å²) in [4.78, 5) is 39.0. The summed E-state index contributed by atoms with van der Waals surface area (Å²) in [5, 5.41) is 5.73. The van der Waals surface area contributed by atoms with E-state index in [9.17, 15) is 14.4 Å². The molecule has 2 N–H and O–H groups in total. The van der Waals surface area contributed by atoms with Gasteiger partial charge in [-0.1, -0.05) is 54.6 Å². The number of amides is 4. The number of fused-ring (bicyclic) bond motifs is 1. The molecule has 0 saturated carbocycles. The number of benzene rings is 2. The number of nitrogens with one attached hydrogen (secondary N) is 2. The largest absolute Gasteiger partial charge is 0.348 e. The van der Waals surface area contributed by atoms with Crippen molar-refractivity contribution in [3.8, 4) is 0 Å². The van der Waals surface area contributed by atoms with Crippen LogP contribution in [0.25, 0.3) is 0 Å². The zero-order valence-electron chi connectivity index (χ0n) is 15.8. The Morgan fingerprint density at radius 1 is 1.14 bits per heavy atom. The summed E-state index contributed by atoms with van der Waals surface area (Å²) in [7, 11) is 0. The van der Waals surface area contributed by atoms with Gasteiger partial charge in [-0.2, -0.15) is 0 Å². The average Bonchev–Trinajstić information content (AvgIpc) is 2.93. The average molecular weight is 377 g/mol. The minimum absolute atomic E-state index is 0.0845. The third-order valence-corrected chi connectivity index (χ3v) is 5.63. The van der Waals surface area contributed by atoms with E-state index >= 15 is 0 Å². The zero-order valence-corrected chi connectivity index (χ0v) is 15.8. The molecule has 2 aromatic carbocycles. The van der Waals surface area contributed by atoms with Gasteiger partial charge in [-0.15, -0.1) is 0 Å². The maximum Gasteiger partial charge on any atom is 0.325 e. The Bertz CT molecular complexity index is 928. The van der Waals surface area contributed by atoms with Crippen LogP contribution in [0.3, 0.4) is 0 Å². The van der Waals surface area contributed by atoms with E-state index < -0.39 is 17.5 Å². The van der Waals surface area contributed by atoms with Crippen molar-refractivity contribution in [3.63, 3.8) is 0 Å². The first kappa shape index (κ1) is 18.2. The molecule has 1 heterocycles. The number of imide groups is 1. The number of carbonyl (C=O) groups excluding carboxylic acids is 3. The molecule has 1 fully saturated rings. The second kappa shape index (κ2) is 7.11. The van der Waals surface area contributed by atoms with Crippen molar-refractivity contribution < 1.29 is 14.4 Å². The van der Waals surface area contributed by atoms with Gasteiger partial charge >= 0.3 is 6.03 Å². The van der Waals surface area contributed by atoms with Gasteiger partial charge in [0, 0.05) is 0 Å². The molecule has 6 nitrogen and oxygen atoms in total. The molecule has 0 unspecified atom stereocenters. The predicted octanol–water partition coefficient (Wildman–Crippen LogP) is 2.65. The van der Waals surface area contributed by atoms with E-state index in [0.717, 1.165) is 29.7 Å². The molecular formula is C22H23N3O3. The Morgan fingerprint density at radius 2 is 1.86 bits per heavy atom. The first-order chi connectivity index (χ1) is 13.5. The van der Waals surface area contributed by atoms with Gasteiger partial charge in [0.25, 0.3) is 5.91 Å². The number of nitrogens with zero attached hydrogens (tertiary/aromatic N) is 1. The molecule has 0 bridgehead atoms. The molecule has 2 atom stereocenters. The third kappa shape index (κ3) is 3.15. The highest BCUT2D eigenvalue weighted by molar-refractivity contribution is 6.09. The Morgan fingerprint density at radius 3 is 2.64 bits per heavy atom. The number of carbonyl (C=O) groups is 3. The maximum atomic E-state index is 12.9. The highest BCUT2D eigenvalue weighted by Crippen LogP contribution is 2.30. The summed E-state index contributed by atoms with van der Waals surface area (Å²) in [6.07, 6.45) is 2.85. The monoisotopic (exact) mass is 377 g/mol. The van der Waals surface area contributed by atoms with Crippen molar-refractivity contribution in [3.05, 3.63) is 71.3 Å². The summed E-state index contributed by atoms with van der Waals surface area (Å²) >= 11 is 0. The normalized spacial score (nSPS) is 23.9. The Balaban J connectivity index is 1.47. The van der Waals surface area contributed by atoms with Crippen LogP contribution in [0, 0.1) is 0 Å². The second-order valence-electron chi connectivity index (χ2n) is 7.52. The van der Waals surface area contributed by atoms with E-state index in [1.54, 1.807) is 19.1 Å².